The van der Waals surface area contributed by atoms with E-state index < -0.39 is 20.2 Å². The summed E-state index contributed by atoms with van der Waals surface area (Å²) >= 11 is 25.5. The second kappa shape index (κ2) is 15.9. The smallest absolute Gasteiger partial charge is 0.282 e. The van der Waals surface area contributed by atoms with Gasteiger partial charge in [0.15, 0.2) is 11.0 Å². The number of anilines is 2. The lowest BCUT2D eigenvalue weighted by atomic mass is 10.2. The Balaban J connectivity index is 1.65. The van der Waals surface area contributed by atoms with Gasteiger partial charge in [-0.05, 0) is 57.7 Å². The summed E-state index contributed by atoms with van der Waals surface area (Å²) in [6, 6.07) is 7.22. The topological polar surface area (TPSA) is 124 Å². The molecule has 0 unspecified atom stereocenters. The quantitative estimate of drug-likeness (QED) is 0.0700. The Morgan fingerprint density at radius 3 is 1.89 bits per heavy atom. The second-order valence-corrected chi connectivity index (χ2v) is 15.7. The molecule has 10 nitrogen and oxygen atoms in total. The van der Waals surface area contributed by atoms with Crippen molar-refractivity contribution < 1.29 is 30.5 Å². The van der Waals surface area contributed by atoms with E-state index in [1.807, 2.05) is 56.4 Å². The molecular formula is C31H37Cl4N4O6S2+. The van der Waals surface area contributed by atoms with Gasteiger partial charge in [0, 0.05) is 31.3 Å². The van der Waals surface area contributed by atoms with Crippen molar-refractivity contribution in [3.63, 3.8) is 0 Å². The molecule has 0 saturated carbocycles. The van der Waals surface area contributed by atoms with E-state index in [-0.39, 0.29) is 11.5 Å². The molecule has 2 aromatic carbocycles. The number of benzene rings is 2. The maximum atomic E-state index is 11.2. The lowest BCUT2D eigenvalue weighted by Gasteiger charge is -2.24. The minimum atomic E-state index is -4.05. The van der Waals surface area contributed by atoms with Crippen molar-refractivity contribution in [3.8, 4) is 0 Å². The van der Waals surface area contributed by atoms with Crippen LogP contribution >= 0.6 is 46.4 Å². The Hall–Kier alpha value is -2.29. The Kier molecular flexibility index (Phi) is 12.7. The van der Waals surface area contributed by atoms with Crippen molar-refractivity contribution >= 4 is 95.1 Å². The highest BCUT2D eigenvalue weighted by molar-refractivity contribution is 7.86. The average molecular weight is 768 g/mol. The monoisotopic (exact) mass is 765 g/mol. The van der Waals surface area contributed by atoms with E-state index in [2.05, 4.69) is 18.9 Å². The third-order valence-electron chi connectivity index (χ3n) is 7.72. The number of halogens is 4. The molecule has 2 heterocycles. The van der Waals surface area contributed by atoms with E-state index in [9.17, 15) is 16.8 Å². The van der Waals surface area contributed by atoms with Gasteiger partial charge in [-0.15, -0.1) is 0 Å². The number of aryl methyl sites for hydroxylation is 2. The number of nitrogens with zero attached hydrogens (tertiary/aromatic N) is 4. The van der Waals surface area contributed by atoms with E-state index in [1.54, 1.807) is 12.1 Å². The van der Waals surface area contributed by atoms with Gasteiger partial charge in [0.25, 0.3) is 26.1 Å². The largest absolute Gasteiger partial charge is 0.326 e. The fourth-order valence-corrected chi connectivity index (χ4v) is 7.42. The highest BCUT2D eigenvalue weighted by Gasteiger charge is 2.31. The van der Waals surface area contributed by atoms with Crippen LogP contribution in [0.5, 0.6) is 0 Å². The molecule has 1 aromatic heterocycles. The SMILES string of the molecule is CCN1C(=CC=CC=Cc2n(CC)c3cc(Cl)c(Cl)cc3[n+]2CCCCS(=O)(=O)O)N(CCCCS(=O)(=O)O)c2cc(Cl)c(Cl)cc21. The molecule has 1 aliphatic heterocycles. The Bertz CT molecular complexity index is 1940. The molecule has 0 bridgehead atoms. The van der Waals surface area contributed by atoms with Gasteiger partial charge in [-0.2, -0.15) is 16.8 Å². The molecule has 0 saturated heterocycles. The lowest BCUT2D eigenvalue weighted by Crippen LogP contribution is -2.36. The summed E-state index contributed by atoms with van der Waals surface area (Å²) in [5, 5.41) is 1.67. The van der Waals surface area contributed by atoms with Gasteiger partial charge in [0.05, 0.1) is 56.1 Å². The Labute approximate surface area is 296 Å². The lowest BCUT2D eigenvalue weighted by molar-refractivity contribution is -0.674. The number of fused-ring (bicyclic) bond motifs is 2. The third kappa shape index (κ3) is 9.45. The van der Waals surface area contributed by atoms with Crippen molar-refractivity contribution in [1.82, 2.24) is 4.57 Å². The van der Waals surface area contributed by atoms with Gasteiger partial charge >= 0.3 is 0 Å². The van der Waals surface area contributed by atoms with Gasteiger partial charge in [-0.3, -0.25) is 9.11 Å². The molecule has 256 valence electrons. The van der Waals surface area contributed by atoms with Crippen LogP contribution < -0.4 is 14.4 Å². The molecule has 0 radical (unpaired) electrons. The van der Waals surface area contributed by atoms with Crippen LogP contribution in [0, 0.1) is 0 Å². The molecule has 0 spiro atoms. The molecule has 0 amide bonds. The Morgan fingerprint density at radius 2 is 1.30 bits per heavy atom. The first-order valence-corrected chi connectivity index (χ1v) is 19.8. The normalized spacial score (nSPS) is 14.9. The number of allylic oxidation sites excluding steroid dienone is 4. The number of hydrogen-bond acceptors (Lipinski definition) is 6. The first kappa shape index (κ1) is 37.5. The summed E-state index contributed by atoms with van der Waals surface area (Å²) in [6.45, 7) is 6.30. The predicted molar refractivity (Wildman–Crippen MR) is 192 cm³/mol. The fraction of sp³-hybridized carbons (Fsp3) is 0.387. The highest BCUT2D eigenvalue weighted by atomic mass is 35.5. The van der Waals surface area contributed by atoms with E-state index in [0.29, 0.717) is 72.0 Å². The van der Waals surface area contributed by atoms with E-state index in [1.165, 1.54) is 0 Å². The summed E-state index contributed by atoms with van der Waals surface area (Å²) in [7, 11) is -8.10. The second-order valence-electron chi connectivity index (χ2n) is 10.9. The summed E-state index contributed by atoms with van der Waals surface area (Å²) in [5.41, 5.74) is 3.46. The molecule has 47 heavy (non-hydrogen) atoms. The van der Waals surface area contributed by atoms with Crippen LogP contribution in [0.25, 0.3) is 17.1 Å². The molecule has 0 atom stereocenters. The molecule has 0 aliphatic carbocycles. The Morgan fingerprint density at radius 1 is 0.723 bits per heavy atom. The van der Waals surface area contributed by atoms with Crippen molar-refractivity contribution in [1.29, 1.82) is 0 Å². The van der Waals surface area contributed by atoms with Crippen LogP contribution in [-0.2, 0) is 33.3 Å². The summed E-state index contributed by atoms with van der Waals surface area (Å²) < 4.78 is 67.5. The zero-order valence-corrected chi connectivity index (χ0v) is 30.6. The van der Waals surface area contributed by atoms with Crippen LogP contribution in [0.1, 0.15) is 45.4 Å². The van der Waals surface area contributed by atoms with Crippen molar-refractivity contribution in [2.24, 2.45) is 0 Å². The van der Waals surface area contributed by atoms with Gasteiger partial charge < -0.3 is 9.80 Å². The zero-order chi connectivity index (χ0) is 34.5. The van der Waals surface area contributed by atoms with Crippen LogP contribution in [0.3, 0.4) is 0 Å². The predicted octanol–water partition coefficient (Wildman–Crippen LogP) is 7.66. The summed E-state index contributed by atoms with van der Waals surface area (Å²) in [5.74, 6) is 1.09. The van der Waals surface area contributed by atoms with Crippen LogP contribution in [-0.4, -0.2) is 55.1 Å². The van der Waals surface area contributed by atoms with E-state index in [4.69, 9.17) is 55.5 Å². The minimum absolute atomic E-state index is 0.293. The number of rotatable bonds is 15. The average Bonchev–Trinajstić information content (AvgIpc) is 3.42. The van der Waals surface area contributed by atoms with Crippen LogP contribution in [0.2, 0.25) is 20.1 Å². The molecule has 3 aromatic rings. The first-order valence-electron chi connectivity index (χ1n) is 15.1. The first-order chi connectivity index (χ1) is 22.1. The van der Waals surface area contributed by atoms with Gasteiger partial charge in [0.2, 0.25) is 0 Å². The van der Waals surface area contributed by atoms with Crippen LogP contribution in [0.15, 0.2) is 54.4 Å². The number of aromatic nitrogens is 2. The van der Waals surface area contributed by atoms with E-state index in [0.717, 1.165) is 34.1 Å². The van der Waals surface area contributed by atoms with Gasteiger partial charge in [0.1, 0.15) is 5.82 Å². The van der Waals surface area contributed by atoms with Crippen molar-refractivity contribution in [2.75, 3.05) is 34.4 Å². The van der Waals surface area contributed by atoms with Crippen molar-refractivity contribution in [3.05, 3.63) is 80.3 Å². The third-order valence-corrected chi connectivity index (χ3v) is 10.8. The van der Waals surface area contributed by atoms with Crippen LogP contribution in [0.4, 0.5) is 11.4 Å². The number of hydrogen-bond donors (Lipinski definition) is 2. The summed E-state index contributed by atoms with van der Waals surface area (Å²) in [6.07, 6.45) is 11.2. The highest BCUT2D eigenvalue weighted by Crippen LogP contribution is 2.45. The number of imidazole rings is 1. The van der Waals surface area contributed by atoms with Gasteiger partial charge in [-0.1, -0.05) is 64.6 Å². The fourth-order valence-electron chi connectivity index (χ4n) is 5.65. The van der Waals surface area contributed by atoms with E-state index >= 15 is 0 Å². The number of unbranched alkanes of at least 4 members (excludes halogenated alkanes) is 2. The maximum absolute atomic E-state index is 11.2. The molecule has 0 fully saturated rings. The standard InChI is InChI=1S/C31H36Cl4N4O6S2/c1-3-36-26-18-22(32)24(34)20-28(26)38(14-8-10-16-46(40,41)42)30(36)12-6-5-7-13-31-37(4-2)27-19-23(33)25(35)21-29(27)39(31)15-9-11-17-47(43,44)45/h5-7,12-13,18-21H,3-4,8-11,14-17H2,1-2H3,(H-,40,41,42,43,44,45)/p+1. The molecule has 4 rings (SSSR count). The zero-order valence-electron chi connectivity index (χ0n) is 25.9. The summed E-state index contributed by atoms with van der Waals surface area (Å²) in [4.78, 5) is 4.15. The molecule has 1 aliphatic rings. The molecule has 2 N–H and O–H groups in total. The molecule has 16 heteroatoms. The molecular weight excluding hydrogens is 730 g/mol. The van der Waals surface area contributed by atoms with Crippen molar-refractivity contribution in [2.45, 2.75) is 52.6 Å². The minimum Gasteiger partial charge on any atom is -0.326 e. The maximum Gasteiger partial charge on any atom is 0.282 e. The van der Waals surface area contributed by atoms with Gasteiger partial charge in [-0.25, -0.2) is 9.13 Å².